The Kier molecular flexibility index (Phi) is 9.49. The molecule has 0 aromatic heterocycles. The highest BCUT2D eigenvalue weighted by molar-refractivity contribution is 7.89. The summed E-state index contributed by atoms with van der Waals surface area (Å²) in [6.07, 6.45) is 3.57. The van der Waals surface area contributed by atoms with E-state index in [0.717, 1.165) is 39.3 Å². The van der Waals surface area contributed by atoms with E-state index in [1.54, 1.807) is 30.3 Å². The topological polar surface area (TPSA) is 87.7 Å². The number of hydrogen-bond acceptors (Lipinski definition) is 5. The molecule has 3 atom stereocenters. The molecular weight excluding hydrogens is 438 g/mol. The fourth-order valence-corrected chi connectivity index (χ4v) is 5.96. The van der Waals surface area contributed by atoms with Crippen LogP contribution in [0.25, 0.3) is 0 Å². The molecule has 1 aromatic carbocycles. The zero-order chi connectivity index (χ0) is 23.8. The number of amides is 1. The molecule has 0 radical (unpaired) electrons. The molecule has 3 rings (SSSR count). The van der Waals surface area contributed by atoms with Crippen LogP contribution in [-0.4, -0.2) is 65.2 Å². The van der Waals surface area contributed by atoms with Gasteiger partial charge in [-0.15, -0.1) is 0 Å². The second kappa shape index (κ2) is 12.1. The normalized spacial score (nSPS) is 24.5. The largest absolute Gasteiger partial charge is 0.379 e. The minimum Gasteiger partial charge on any atom is -0.379 e. The van der Waals surface area contributed by atoms with Gasteiger partial charge in [0.15, 0.2) is 0 Å². The van der Waals surface area contributed by atoms with E-state index < -0.39 is 10.0 Å². The van der Waals surface area contributed by atoms with Crippen molar-refractivity contribution in [1.29, 1.82) is 0 Å². The number of allylic oxidation sites excluding steroid dienone is 1. The molecule has 8 heteroatoms. The van der Waals surface area contributed by atoms with Crippen molar-refractivity contribution >= 4 is 15.9 Å². The van der Waals surface area contributed by atoms with Crippen molar-refractivity contribution in [1.82, 2.24) is 14.9 Å². The highest BCUT2D eigenvalue weighted by Crippen LogP contribution is 2.38. The van der Waals surface area contributed by atoms with Gasteiger partial charge in [-0.3, -0.25) is 9.69 Å². The zero-order valence-electron chi connectivity index (χ0n) is 20.1. The highest BCUT2D eigenvalue weighted by atomic mass is 32.2. The van der Waals surface area contributed by atoms with Crippen LogP contribution in [0.5, 0.6) is 0 Å². The molecule has 0 saturated carbocycles. The van der Waals surface area contributed by atoms with E-state index in [1.165, 1.54) is 5.57 Å². The SMILES string of the molecule is CC1=C[C@@H](CNS(=O)(=O)c2ccccc2)[C@H](C(C)C)C[C@H]1CC(=O)NCCN1CCOCC1. The number of nitrogens with zero attached hydrogens (tertiary/aromatic N) is 1. The number of benzene rings is 1. The molecule has 184 valence electrons. The van der Waals surface area contributed by atoms with Crippen molar-refractivity contribution in [2.75, 3.05) is 45.9 Å². The Bertz CT molecular complexity index is 895. The fourth-order valence-electron chi connectivity index (χ4n) is 4.87. The number of rotatable bonds is 10. The Labute approximate surface area is 199 Å². The molecular formula is C25H39N3O4S. The number of sulfonamides is 1. The monoisotopic (exact) mass is 477 g/mol. The standard InChI is InChI=1S/C25H39N3O4S/c1-19(2)24-16-21(17-25(29)26-9-10-28-11-13-32-14-12-28)20(3)15-22(24)18-27-33(30,31)23-7-5-4-6-8-23/h4-8,15,19,21-22,24,27H,9-14,16-18H2,1-3H3,(H,26,29)/t21-,22-,24-/m0/s1. The van der Waals surface area contributed by atoms with Crippen LogP contribution in [0.15, 0.2) is 46.9 Å². The summed E-state index contributed by atoms with van der Waals surface area (Å²) in [5, 5.41) is 3.08. The summed E-state index contributed by atoms with van der Waals surface area (Å²) in [6.45, 7) is 11.7. The third kappa shape index (κ3) is 7.64. The summed E-state index contributed by atoms with van der Waals surface area (Å²) in [7, 11) is -3.53. The van der Waals surface area contributed by atoms with Gasteiger partial charge >= 0.3 is 0 Å². The van der Waals surface area contributed by atoms with Crippen LogP contribution in [0.4, 0.5) is 0 Å². The van der Waals surface area contributed by atoms with Gasteiger partial charge in [0, 0.05) is 39.1 Å². The van der Waals surface area contributed by atoms with Gasteiger partial charge < -0.3 is 10.1 Å². The third-order valence-electron chi connectivity index (χ3n) is 6.93. The maximum atomic E-state index is 12.7. The van der Waals surface area contributed by atoms with E-state index in [9.17, 15) is 13.2 Å². The molecule has 1 saturated heterocycles. The van der Waals surface area contributed by atoms with Crippen LogP contribution in [0.2, 0.25) is 0 Å². The van der Waals surface area contributed by atoms with E-state index in [1.807, 2.05) is 0 Å². The number of carbonyl (C=O) groups is 1. The number of nitrogens with one attached hydrogen (secondary N) is 2. The zero-order valence-corrected chi connectivity index (χ0v) is 20.9. The number of carbonyl (C=O) groups excluding carboxylic acids is 1. The Morgan fingerprint density at radius 2 is 1.88 bits per heavy atom. The first kappa shape index (κ1) is 25.9. The van der Waals surface area contributed by atoms with Crippen LogP contribution in [-0.2, 0) is 19.6 Å². The Hall–Kier alpha value is -1.74. The lowest BCUT2D eigenvalue weighted by atomic mass is 9.70. The summed E-state index contributed by atoms with van der Waals surface area (Å²) in [5.41, 5.74) is 1.18. The quantitative estimate of drug-likeness (QED) is 0.506. The summed E-state index contributed by atoms with van der Waals surface area (Å²) in [4.78, 5) is 15.2. The van der Waals surface area contributed by atoms with Gasteiger partial charge in [0.25, 0.3) is 0 Å². The average molecular weight is 478 g/mol. The van der Waals surface area contributed by atoms with Crippen molar-refractivity contribution in [3.05, 3.63) is 42.0 Å². The number of hydrogen-bond donors (Lipinski definition) is 2. The molecule has 0 spiro atoms. The summed E-state index contributed by atoms with van der Waals surface area (Å²) in [5.74, 6) is 1.12. The predicted molar refractivity (Wildman–Crippen MR) is 130 cm³/mol. The summed E-state index contributed by atoms with van der Waals surface area (Å²) >= 11 is 0. The smallest absolute Gasteiger partial charge is 0.240 e. The maximum Gasteiger partial charge on any atom is 0.240 e. The van der Waals surface area contributed by atoms with E-state index in [4.69, 9.17) is 4.74 Å². The van der Waals surface area contributed by atoms with Gasteiger partial charge in [-0.05, 0) is 49.1 Å². The van der Waals surface area contributed by atoms with Crippen molar-refractivity contribution in [2.24, 2.45) is 23.7 Å². The first-order valence-electron chi connectivity index (χ1n) is 12.1. The molecule has 2 N–H and O–H groups in total. The van der Waals surface area contributed by atoms with Crippen LogP contribution < -0.4 is 10.0 Å². The Morgan fingerprint density at radius 3 is 2.55 bits per heavy atom. The maximum absolute atomic E-state index is 12.7. The lowest BCUT2D eigenvalue weighted by Crippen LogP contribution is -2.42. The van der Waals surface area contributed by atoms with Crippen molar-refractivity contribution < 1.29 is 17.9 Å². The fraction of sp³-hybridized carbons (Fsp3) is 0.640. The molecule has 7 nitrogen and oxygen atoms in total. The van der Waals surface area contributed by atoms with Gasteiger partial charge in [-0.25, -0.2) is 13.1 Å². The van der Waals surface area contributed by atoms with Crippen molar-refractivity contribution in [2.45, 2.75) is 38.5 Å². The van der Waals surface area contributed by atoms with Gasteiger partial charge in [0.1, 0.15) is 0 Å². The average Bonchev–Trinajstić information content (AvgIpc) is 2.80. The minimum atomic E-state index is -3.53. The Morgan fingerprint density at radius 1 is 1.18 bits per heavy atom. The first-order valence-corrected chi connectivity index (χ1v) is 13.5. The van der Waals surface area contributed by atoms with Gasteiger partial charge in [0.05, 0.1) is 18.1 Å². The lowest BCUT2D eigenvalue weighted by Gasteiger charge is -2.37. The lowest BCUT2D eigenvalue weighted by molar-refractivity contribution is -0.122. The highest BCUT2D eigenvalue weighted by Gasteiger charge is 2.33. The molecule has 2 aliphatic rings. The second-order valence-corrected chi connectivity index (χ2v) is 11.4. The van der Waals surface area contributed by atoms with Crippen LogP contribution in [0.1, 0.15) is 33.6 Å². The molecule has 1 amide bonds. The van der Waals surface area contributed by atoms with Crippen LogP contribution in [0, 0.1) is 23.7 Å². The first-order chi connectivity index (χ1) is 15.8. The second-order valence-electron chi connectivity index (χ2n) is 9.59. The van der Waals surface area contributed by atoms with E-state index in [-0.39, 0.29) is 22.6 Å². The van der Waals surface area contributed by atoms with Gasteiger partial charge in [-0.1, -0.05) is 43.7 Å². The third-order valence-corrected chi connectivity index (χ3v) is 8.37. The number of morpholine rings is 1. The van der Waals surface area contributed by atoms with Crippen LogP contribution >= 0.6 is 0 Å². The molecule has 1 aliphatic heterocycles. The van der Waals surface area contributed by atoms with E-state index in [0.29, 0.717) is 31.3 Å². The number of ether oxygens (including phenoxy) is 1. The summed E-state index contributed by atoms with van der Waals surface area (Å²) < 4.78 is 33.5. The van der Waals surface area contributed by atoms with Crippen LogP contribution in [0.3, 0.4) is 0 Å². The molecule has 1 aliphatic carbocycles. The molecule has 0 bridgehead atoms. The van der Waals surface area contributed by atoms with E-state index in [2.05, 4.69) is 41.8 Å². The predicted octanol–water partition coefficient (Wildman–Crippen LogP) is 2.66. The Balaban J connectivity index is 1.54. The van der Waals surface area contributed by atoms with Gasteiger partial charge in [0.2, 0.25) is 15.9 Å². The van der Waals surface area contributed by atoms with E-state index >= 15 is 0 Å². The molecule has 1 aromatic rings. The summed E-state index contributed by atoms with van der Waals surface area (Å²) in [6, 6.07) is 8.48. The van der Waals surface area contributed by atoms with Crippen molar-refractivity contribution in [3.8, 4) is 0 Å². The van der Waals surface area contributed by atoms with Crippen molar-refractivity contribution in [3.63, 3.8) is 0 Å². The molecule has 1 heterocycles. The minimum absolute atomic E-state index is 0.0896. The molecule has 0 unspecified atom stereocenters. The molecule has 1 fully saturated rings. The van der Waals surface area contributed by atoms with Gasteiger partial charge in [-0.2, -0.15) is 0 Å². The molecule has 33 heavy (non-hydrogen) atoms.